The molecule has 4 nitrogen and oxygen atoms in total. The third-order valence-electron chi connectivity index (χ3n) is 5.48. The van der Waals surface area contributed by atoms with Gasteiger partial charge in [0.05, 0.1) is 17.4 Å². The molecule has 0 aliphatic heterocycles. The fourth-order valence-corrected chi connectivity index (χ4v) is 4.00. The number of fused-ring (bicyclic) bond motifs is 4. The van der Waals surface area contributed by atoms with Gasteiger partial charge in [-0.15, -0.1) is 0 Å². The van der Waals surface area contributed by atoms with Gasteiger partial charge in [-0.25, -0.2) is 4.42 Å². The molecule has 0 saturated carbocycles. The number of benzene rings is 4. The minimum absolute atomic E-state index is 0. The van der Waals surface area contributed by atoms with Gasteiger partial charge in [-0.3, -0.25) is 4.79 Å². The molecular formula is C27H19ClO4. The van der Waals surface area contributed by atoms with Crippen LogP contribution in [0, 0.1) is 0 Å². The van der Waals surface area contributed by atoms with Crippen molar-refractivity contribution in [2.45, 2.75) is 6.42 Å². The number of rotatable bonds is 4. The van der Waals surface area contributed by atoms with E-state index in [-0.39, 0.29) is 24.6 Å². The molecule has 0 radical (unpaired) electrons. The topological polar surface area (TPSA) is 68.8 Å². The zero-order chi connectivity index (χ0) is 21.4. The molecule has 158 valence electrons. The summed E-state index contributed by atoms with van der Waals surface area (Å²) in [5.74, 6) is -0.323. The second kappa shape index (κ2) is 8.69. The number of aromatic hydroxyl groups is 1. The Morgan fingerprint density at radius 1 is 0.812 bits per heavy atom. The maximum Gasteiger partial charge on any atom is 0.361 e. The average Bonchev–Trinajstić information content (AvgIpc) is 2.78. The van der Waals surface area contributed by atoms with Gasteiger partial charge < -0.3 is 22.6 Å². The minimum atomic E-state index is -0.933. The molecule has 0 unspecified atom stereocenters. The average molecular weight is 443 g/mol. The van der Waals surface area contributed by atoms with Gasteiger partial charge in [-0.1, -0.05) is 54.6 Å². The highest BCUT2D eigenvalue weighted by atomic mass is 35.5. The van der Waals surface area contributed by atoms with Crippen LogP contribution in [0.4, 0.5) is 0 Å². The van der Waals surface area contributed by atoms with Crippen molar-refractivity contribution in [3.05, 3.63) is 95.7 Å². The number of hydrogen-bond donors (Lipinski definition) is 2. The summed E-state index contributed by atoms with van der Waals surface area (Å²) in [6.45, 7) is 0. The third kappa shape index (κ3) is 3.88. The highest BCUT2D eigenvalue weighted by Gasteiger charge is 2.21. The quantitative estimate of drug-likeness (QED) is 0.330. The molecule has 0 aliphatic carbocycles. The van der Waals surface area contributed by atoms with E-state index in [2.05, 4.69) is 0 Å². The SMILES string of the molecule is O=C(O)Cc1cc2c(ccc3ccccc32)[o+]c1C=Cc1c(O)ccc2ccccc12.[Cl-]. The zero-order valence-electron chi connectivity index (χ0n) is 17.0. The number of carbonyl (C=O) groups is 1. The number of hydrogen-bond acceptors (Lipinski definition) is 2. The van der Waals surface area contributed by atoms with Gasteiger partial charge >= 0.3 is 17.3 Å². The fraction of sp³-hybridized carbons (Fsp3) is 0.0370. The molecule has 0 amide bonds. The number of halogens is 1. The Morgan fingerprint density at radius 3 is 2.22 bits per heavy atom. The normalized spacial score (nSPS) is 11.2. The van der Waals surface area contributed by atoms with Crippen LogP contribution in [0.25, 0.3) is 44.7 Å². The van der Waals surface area contributed by atoms with Crippen molar-refractivity contribution >= 4 is 50.6 Å². The van der Waals surface area contributed by atoms with Crippen LogP contribution in [0.2, 0.25) is 0 Å². The van der Waals surface area contributed by atoms with Crippen molar-refractivity contribution in [3.63, 3.8) is 0 Å². The number of phenols is 1. The summed E-state index contributed by atoms with van der Waals surface area (Å²) < 4.78 is 6.14. The summed E-state index contributed by atoms with van der Waals surface area (Å²) in [5.41, 5.74) is 1.91. The van der Waals surface area contributed by atoms with Crippen molar-refractivity contribution in [2.24, 2.45) is 0 Å². The molecule has 5 rings (SSSR count). The van der Waals surface area contributed by atoms with Crippen molar-refractivity contribution < 1.29 is 31.8 Å². The number of carboxylic acid groups (broad SMARTS) is 1. The largest absolute Gasteiger partial charge is 1.00 e. The van der Waals surface area contributed by atoms with E-state index in [4.69, 9.17) is 4.42 Å². The van der Waals surface area contributed by atoms with Crippen molar-refractivity contribution in [1.29, 1.82) is 0 Å². The van der Waals surface area contributed by atoms with Crippen LogP contribution < -0.4 is 12.4 Å². The Hall–Kier alpha value is -3.89. The maximum absolute atomic E-state index is 11.5. The number of aliphatic carboxylic acids is 1. The molecule has 0 aliphatic rings. The fourth-order valence-electron chi connectivity index (χ4n) is 4.00. The first-order chi connectivity index (χ1) is 15.1. The van der Waals surface area contributed by atoms with Crippen molar-refractivity contribution in [3.8, 4) is 5.75 Å². The minimum Gasteiger partial charge on any atom is -1.00 e. The first kappa shape index (κ1) is 21.3. The highest BCUT2D eigenvalue weighted by Crippen LogP contribution is 2.32. The summed E-state index contributed by atoms with van der Waals surface area (Å²) in [7, 11) is 0. The molecule has 32 heavy (non-hydrogen) atoms. The predicted octanol–water partition coefficient (Wildman–Crippen LogP) is 3.53. The maximum atomic E-state index is 11.5. The summed E-state index contributed by atoms with van der Waals surface area (Å²) in [6, 6.07) is 25.0. The van der Waals surface area contributed by atoms with E-state index in [9.17, 15) is 15.0 Å². The van der Waals surface area contributed by atoms with Crippen LogP contribution in [0.1, 0.15) is 16.9 Å². The first-order valence-electron chi connectivity index (χ1n) is 9.98. The van der Waals surface area contributed by atoms with E-state index in [1.807, 2.05) is 72.8 Å². The van der Waals surface area contributed by atoms with Gasteiger partial charge in [-0.05, 0) is 45.8 Å². The van der Waals surface area contributed by atoms with E-state index >= 15 is 0 Å². The van der Waals surface area contributed by atoms with Crippen LogP contribution in [0.5, 0.6) is 5.75 Å². The lowest BCUT2D eigenvalue weighted by Gasteiger charge is -2.05. The molecule has 4 aromatic carbocycles. The molecule has 5 heteroatoms. The van der Waals surface area contributed by atoms with Crippen LogP contribution in [0.15, 0.2) is 83.3 Å². The lowest BCUT2D eigenvalue weighted by atomic mass is 10.0. The summed E-state index contributed by atoms with van der Waals surface area (Å²) in [6.07, 6.45) is 3.34. The summed E-state index contributed by atoms with van der Waals surface area (Å²) in [5, 5.41) is 24.7. The number of phenolic OH excluding ortho intramolecular Hbond substituents is 1. The third-order valence-corrected chi connectivity index (χ3v) is 5.48. The number of carboxylic acids is 1. The van der Waals surface area contributed by atoms with E-state index < -0.39 is 5.97 Å². The van der Waals surface area contributed by atoms with Crippen LogP contribution in [0.3, 0.4) is 0 Å². The molecule has 0 atom stereocenters. The van der Waals surface area contributed by atoms with Crippen molar-refractivity contribution in [2.75, 3.05) is 0 Å². The van der Waals surface area contributed by atoms with E-state index in [1.54, 1.807) is 18.2 Å². The second-order valence-electron chi connectivity index (χ2n) is 7.46. The van der Waals surface area contributed by atoms with E-state index in [0.717, 1.165) is 26.9 Å². The molecule has 5 aromatic rings. The molecule has 2 N–H and O–H groups in total. The Balaban J connectivity index is 0.00000245. The Labute approximate surface area is 190 Å². The standard InChI is InChI=1S/C27H18O4.ClH/c28-24-12-9-17-5-1-3-7-20(17)22(24)11-14-25-19(16-27(29)30)15-23-21-8-4-2-6-18(21)10-13-26(23)31-25;/h1-15H,16H2,(H-,28,29,30);1H. The smallest absolute Gasteiger partial charge is 0.361 e. The Bertz CT molecular complexity index is 1500. The summed E-state index contributed by atoms with van der Waals surface area (Å²) >= 11 is 0. The lowest BCUT2D eigenvalue weighted by Crippen LogP contribution is -3.00. The predicted molar refractivity (Wildman–Crippen MR) is 124 cm³/mol. The molecule has 0 bridgehead atoms. The monoisotopic (exact) mass is 442 g/mol. The van der Waals surface area contributed by atoms with Gasteiger partial charge in [0, 0.05) is 17.7 Å². The molecule has 0 spiro atoms. The molecule has 1 aromatic heterocycles. The molecular weight excluding hydrogens is 424 g/mol. The Morgan fingerprint density at radius 2 is 1.47 bits per heavy atom. The molecule has 0 saturated heterocycles. The van der Waals surface area contributed by atoms with Crippen molar-refractivity contribution in [1.82, 2.24) is 0 Å². The Kier molecular flexibility index (Phi) is 5.80. The van der Waals surface area contributed by atoms with E-state index in [0.29, 0.717) is 22.5 Å². The first-order valence-corrected chi connectivity index (χ1v) is 9.98. The van der Waals surface area contributed by atoms with Crippen LogP contribution in [-0.2, 0) is 11.2 Å². The summed E-state index contributed by atoms with van der Waals surface area (Å²) in [4.78, 5) is 11.5. The molecule has 0 fully saturated rings. The van der Waals surface area contributed by atoms with Gasteiger partial charge in [0.25, 0.3) is 0 Å². The second-order valence-corrected chi connectivity index (χ2v) is 7.46. The van der Waals surface area contributed by atoms with Gasteiger partial charge in [0.2, 0.25) is 0 Å². The molecule has 1 heterocycles. The zero-order valence-corrected chi connectivity index (χ0v) is 17.7. The van der Waals surface area contributed by atoms with Crippen LogP contribution >= 0.6 is 0 Å². The van der Waals surface area contributed by atoms with Crippen LogP contribution in [-0.4, -0.2) is 16.2 Å². The highest BCUT2D eigenvalue weighted by molar-refractivity contribution is 6.06. The van der Waals surface area contributed by atoms with Gasteiger partial charge in [0.1, 0.15) is 5.75 Å². The van der Waals surface area contributed by atoms with E-state index in [1.165, 1.54) is 0 Å². The van der Waals surface area contributed by atoms with Gasteiger partial charge in [-0.2, -0.15) is 0 Å². The van der Waals surface area contributed by atoms with Gasteiger partial charge in [0.15, 0.2) is 0 Å². The lowest BCUT2D eigenvalue weighted by molar-refractivity contribution is -0.136.